The lowest BCUT2D eigenvalue weighted by molar-refractivity contribution is -0.152. The molecule has 0 bridgehead atoms. The average Bonchev–Trinajstić information content (AvgIpc) is 3.01. The zero-order chi connectivity index (χ0) is 14.0. The Morgan fingerprint density at radius 2 is 2.20 bits per heavy atom. The monoisotopic (exact) mass is 277 g/mol. The van der Waals surface area contributed by atoms with Gasteiger partial charge < -0.3 is 14.5 Å². The molecule has 3 atom stereocenters. The molecule has 1 spiro atoms. The van der Waals surface area contributed by atoms with Crippen LogP contribution >= 0.6 is 0 Å². The van der Waals surface area contributed by atoms with Crippen LogP contribution in [0.3, 0.4) is 0 Å². The zero-order valence-corrected chi connectivity index (χ0v) is 12.7. The third-order valence-corrected chi connectivity index (χ3v) is 5.36. The summed E-state index contributed by atoms with van der Waals surface area (Å²) < 4.78 is 11.5. The molecule has 0 aliphatic heterocycles. The van der Waals surface area contributed by atoms with Gasteiger partial charge in [-0.3, -0.25) is 0 Å². The van der Waals surface area contributed by atoms with E-state index >= 15 is 0 Å². The van der Waals surface area contributed by atoms with Crippen molar-refractivity contribution in [3.63, 3.8) is 0 Å². The molecule has 2 aliphatic rings. The Balaban J connectivity index is 1.67. The Morgan fingerprint density at radius 1 is 1.40 bits per heavy atom. The topological polar surface area (TPSA) is 34.4 Å². The van der Waals surface area contributed by atoms with Crippen LogP contribution in [0.25, 0.3) is 0 Å². The van der Waals surface area contributed by atoms with Gasteiger partial charge in [0.2, 0.25) is 0 Å². The molecule has 1 aromatic heterocycles. The molecule has 2 unspecified atom stereocenters. The van der Waals surface area contributed by atoms with Gasteiger partial charge >= 0.3 is 0 Å². The van der Waals surface area contributed by atoms with E-state index < -0.39 is 0 Å². The van der Waals surface area contributed by atoms with Crippen LogP contribution in [0.1, 0.15) is 64.2 Å². The van der Waals surface area contributed by atoms with Gasteiger partial charge in [0.25, 0.3) is 0 Å². The molecule has 1 heterocycles. The molecule has 3 heteroatoms. The highest BCUT2D eigenvalue weighted by Gasteiger charge is 2.55. The van der Waals surface area contributed by atoms with Crippen molar-refractivity contribution in [2.45, 2.75) is 70.6 Å². The van der Waals surface area contributed by atoms with Crippen LogP contribution in [-0.2, 0) is 4.74 Å². The van der Waals surface area contributed by atoms with E-state index in [1.54, 1.807) is 6.26 Å². The highest BCUT2D eigenvalue weighted by Crippen LogP contribution is 2.53. The summed E-state index contributed by atoms with van der Waals surface area (Å²) in [4.78, 5) is 0. The lowest BCUT2D eigenvalue weighted by Gasteiger charge is -2.58. The van der Waals surface area contributed by atoms with Gasteiger partial charge in [0.1, 0.15) is 5.76 Å². The van der Waals surface area contributed by atoms with Crippen LogP contribution in [0.2, 0.25) is 0 Å². The third kappa shape index (κ3) is 2.42. The number of hydrogen-bond donors (Lipinski definition) is 1. The van der Waals surface area contributed by atoms with E-state index in [0.717, 1.165) is 18.8 Å². The molecule has 3 nitrogen and oxygen atoms in total. The van der Waals surface area contributed by atoms with Gasteiger partial charge in [-0.15, -0.1) is 0 Å². The van der Waals surface area contributed by atoms with Crippen molar-refractivity contribution in [1.82, 2.24) is 5.32 Å². The van der Waals surface area contributed by atoms with E-state index in [1.165, 1.54) is 32.1 Å². The van der Waals surface area contributed by atoms with Crippen LogP contribution in [0, 0.1) is 5.41 Å². The van der Waals surface area contributed by atoms with E-state index in [-0.39, 0.29) is 6.04 Å². The molecule has 20 heavy (non-hydrogen) atoms. The Bertz CT molecular complexity index is 409. The van der Waals surface area contributed by atoms with Crippen LogP contribution in [0.15, 0.2) is 22.8 Å². The summed E-state index contributed by atoms with van der Waals surface area (Å²) in [6, 6.07) is 4.90. The van der Waals surface area contributed by atoms with Crippen molar-refractivity contribution in [1.29, 1.82) is 0 Å². The highest BCUT2D eigenvalue weighted by molar-refractivity contribution is 5.12. The maximum atomic E-state index is 6.01. The van der Waals surface area contributed by atoms with E-state index in [9.17, 15) is 0 Å². The second kappa shape index (κ2) is 5.90. The Morgan fingerprint density at radius 3 is 2.85 bits per heavy atom. The Kier molecular flexibility index (Phi) is 4.18. The standard InChI is InChI=1S/C17H27NO2/c1-3-19-16-12-15(17(16)9-5-4-6-10-17)18-13(2)14-8-7-11-20-14/h7-8,11,13,15-16,18H,3-6,9-10,12H2,1-2H3/t13-,15?,16?/m1/s1. The second-order valence-corrected chi connectivity index (χ2v) is 6.43. The quantitative estimate of drug-likeness (QED) is 0.881. The van der Waals surface area contributed by atoms with Gasteiger partial charge in [0, 0.05) is 18.1 Å². The molecule has 1 aromatic rings. The van der Waals surface area contributed by atoms with Crippen molar-refractivity contribution < 1.29 is 9.15 Å². The average molecular weight is 277 g/mol. The summed E-state index contributed by atoms with van der Waals surface area (Å²) in [6.07, 6.45) is 10.1. The van der Waals surface area contributed by atoms with Crippen molar-refractivity contribution in [2.24, 2.45) is 5.41 Å². The van der Waals surface area contributed by atoms with Crippen molar-refractivity contribution >= 4 is 0 Å². The van der Waals surface area contributed by atoms with Gasteiger partial charge in [0.05, 0.1) is 18.4 Å². The number of ether oxygens (including phenoxy) is 1. The molecule has 0 aromatic carbocycles. The lowest BCUT2D eigenvalue weighted by atomic mass is 9.55. The Hall–Kier alpha value is -0.800. The SMILES string of the molecule is CCOC1CC(N[C@H](C)c2ccco2)C12CCCCC2. The van der Waals surface area contributed by atoms with E-state index in [4.69, 9.17) is 9.15 Å². The van der Waals surface area contributed by atoms with E-state index in [1.807, 2.05) is 6.07 Å². The summed E-state index contributed by atoms with van der Waals surface area (Å²) in [5, 5.41) is 3.79. The number of rotatable bonds is 5. The van der Waals surface area contributed by atoms with Gasteiger partial charge in [-0.1, -0.05) is 19.3 Å². The molecule has 0 saturated heterocycles. The molecule has 1 N–H and O–H groups in total. The number of furan rings is 1. The first-order valence-corrected chi connectivity index (χ1v) is 8.17. The first-order chi connectivity index (χ1) is 9.76. The van der Waals surface area contributed by atoms with Crippen LogP contribution in [0.5, 0.6) is 0 Å². The minimum Gasteiger partial charge on any atom is -0.468 e. The highest BCUT2D eigenvalue weighted by atomic mass is 16.5. The summed E-state index contributed by atoms with van der Waals surface area (Å²) >= 11 is 0. The largest absolute Gasteiger partial charge is 0.468 e. The number of nitrogens with one attached hydrogen (secondary N) is 1. The molecule has 2 saturated carbocycles. The molecule has 3 rings (SSSR count). The third-order valence-electron chi connectivity index (χ3n) is 5.36. The Labute approximate surface area is 122 Å². The first-order valence-electron chi connectivity index (χ1n) is 8.17. The molecule has 2 aliphatic carbocycles. The van der Waals surface area contributed by atoms with Gasteiger partial charge in [-0.25, -0.2) is 0 Å². The minimum atomic E-state index is 0.288. The summed E-state index contributed by atoms with van der Waals surface area (Å²) in [7, 11) is 0. The first kappa shape index (κ1) is 14.2. The van der Waals surface area contributed by atoms with Gasteiger partial charge in [-0.05, 0) is 45.2 Å². The fraction of sp³-hybridized carbons (Fsp3) is 0.765. The molecule has 0 radical (unpaired) electrons. The summed E-state index contributed by atoms with van der Waals surface area (Å²) in [5.41, 5.74) is 0.384. The summed E-state index contributed by atoms with van der Waals surface area (Å²) in [5.74, 6) is 1.04. The smallest absolute Gasteiger partial charge is 0.120 e. The van der Waals surface area contributed by atoms with Gasteiger partial charge in [0.15, 0.2) is 0 Å². The van der Waals surface area contributed by atoms with Crippen LogP contribution in [-0.4, -0.2) is 18.8 Å². The predicted molar refractivity (Wildman–Crippen MR) is 79.6 cm³/mol. The maximum Gasteiger partial charge on any atom is 0.120 e. The van der Waals surface area contributed by atoms with Gasteiger partial charge in [-0.2, -0.15) is 0 Å². The predicted octanol–water partition coefficient (Wildman–Crippen LogP) is 4.06. The van der Waals surface area contributed by atoms with Crippen molar-refractivity contribution in [3.8, 4) is 0 Å². The molecular weight excluding hydrogens is 250 g/mol. The molecular formula is C17H27NO2. The molecule has 0 amide bonds. The minimum absolute atomic E-state index is 0.288. The van der Waals surface area contributed by atoms with Crippen LogP contribution in [0.4, 0.5) is 0 Å². The summed E-state index contributed by atoms with van der Waals surface area (Å²) in [6.45, 7) is 5.15. The maximum absolute atomic E-state index is 6.01. The lowest BCUT2D eigenvalue weighted by Crippen LogP contribution is -2.64. The van der Waals surface area contributed by atoms with E-state index in [0.29, 0.717) is 17.6 Å². The van der Waals surface area contributed by atoms with Crippen molar-refractivity contribution in [2.75, 3.05) is 6.61 Å². The van der Waals surface area contributed by atoms with E-state index in [2.05, 4.69) is 25.2 Å². The number of hydrogen-bond acceptors (Lipinski definition) is 3. The fourth-order valence-corrected chi connectivity index (χ4v) is 4.22. The normalized spacial score (nSPS) is 30.1. The van der Waals surface area contributed by atoms with Crippen molar-refractivity contribution in [3.05, 3.63) is 24.2 Å². The second-order valence-electron chi connectivity index (χ2n) is 6.43. The molecule has 112 valence electrons. The van der Waals surface area contributed by atoms with Crippen LogP contribution < -0.4 is 5.32 Å². The molecule has 2 fully saturated rings. The fourth-order valence-electron chi connectivity index (χ4n) is 4.22. The zero-order valence-electron chi connectivity index (χ0n) is 12.7.